The Bertz CT molecular complexity index is 839. The third-order valence-electron chi connectivity index (χ3n) is 7.66. The smallest absolute Gasteiger partial charge is 0.181 e. The van der Waals surface area contributed by atoms with Gasteiger partial charge in [-0.25, -0.2) is 4.98 Å². The van der Waals surface area contributed by atoms with Gasteiger partial charge in [-0.3, -0.25) is 4.90 Å². The molecule has 0 unspecified atom stereocenters. The predicted octanol–water partition coefficient (Wildman–Crippen LogP) is 4.35. The van der Waals surface area contributed by atoms with E-state index in [1.165, 1.54) is 69.2 Å². The van der Waals surface area contributed by atoms with Crippen LogP contribution < -0.4 is 5.73 Å². The first-order chi connectivity index (χ1) is 12.2. The Labute approximate surface area is 153 Å². The lowest BCUT2D eigenvalue weighted by atomic mass is 9.52. The van der Waals surface area contributed by atoms with Crippen molar-refractivity contribution in [3.8, 4) is 0 Å². The molecule has 1 aliphatic heterocycles. The molecule has 4 aliphatic rings. The number of hydrogen-bond donors (Lipinski definition) is 1. The van der Waals surface area contributed by atoms with Gasteiger partial charge >= 0.3 is 0 Å². The molecule has 0 radical (unpaired) electrons. The van der Waals surface area contributed by atoms with E-state index in [1.807, 2.05) is 0 Å². The van der Waals surface area contributed by atoms with Gasteiger partial charge < -0.3 is 5.73 Å². The Hall–Kier alpha value is -1.13. The van der Waals surface area contributed by atoms with Crippen molar-refractivity contribution in [1.82, 2.24) is 9.88 Å². The van der Waals surface area contributed by atoms with Crippen LogP contribution in [0, 0.1) is 11.8 Å². The molecule has 6 rings (SSSR count). The quantitative estimate of drug-likeness (QED) is 0.873. The van der Waals surface area contributed by atoms with E-state index in [0.717, 1.165) is 23.4 Å². The summed E-state index contributed by atoms with van der Waals surface area (Å²) in [5.74, 6) is 1.87. The molecular formula is C21H27N3S. The van der Waals surface area contributed by atoms with E-state index in [-0.39, 0.29) is 0 Å². The number of nitrogen functional groups attached to an aromatic ring is 1. The van der Waals surface area contributed by atoms with Crippen molar-refractivity contribution in [2.24, 2.45) is 11.8 Å². The van der Waals surface area contributed by atoms with Gasteiger partial charge in [0, 0.05) is 18.0 Å². The van der Waals surface area contributed by atoms with Gasteiger partial charge in [-0.2, -0.15) is 0 Å². The Morgan fingerprint density at radius 3 is 3.00 bits per heavy atom. The highest BCUT2D eigenvalue weighted by Gasteiger charge is 2.54. The third-order valence-corrected chi connectivity index (χ3v) is 8.51. The molecule has 2 saturated carbocycles. The van der Waals surface area contributed by atoms with Crippen molar-refractivity contribution in [1.29, 1.82) is 0 Å². The van der Waals surface area contributed by atoms with E-state index in [4.69, 9.17) is 5.73 Å². The van der Waals surface area contributed by atoms with Crippen LogP contribution >= 0.6 is 11.3 Å². The first kappa shape index (κ1) is 15.0. The van der Waals surface area contributed by atoms with E-state index in [2.05, 4.69) is 22.0 Å². The van der Waals surface area contributed by atoms with E-state index in [1.54, 1.807) is 22.5 Å². The maximum absolute atomic E-state index is 6.01. The molecule has 1 aromatic carbocycles. The van der Waals surface area contributed by atoms with Gasteiger partial charge in [-0.1, -0.05) is 24.2 Å². The van der Waals surface area contributed by atoms with Crippen molar-refractivity contribution in [2.45, 2.75) is 62.8 Å². The number of thiazole rings is 1. The number of rotatable bonds is 2. The number of fused-ring (bicyclic) bond motifs is 2. The minimum Gasteiger partial charge on any atom is -0.375 e. The predicted molar refractivity (Wildman–Crippen MR) is 104 cm³/mol. The minimum absolute atomic E-state index is 0.434. The lowest BCUT2D eigenvalue weighted by molar-refractivity contribution is -0.0132. The molecular weight excluding hydrogens is 326 g/mol. The average molecular weight is 354 g/mol. The summed E-state index contributed by atoms with van der Waals surface area (Å²) in [5.41, 5.74) is 10.8. The lowest BCUT2D eigenvalue weighted by Crippen LogP contribution is -2.61. The second-order valence-corrected chi connectivity index (χ2v) is 10.1. The molecule has 4 heteroatoms. The van der Waals surface area contributed by atoms with Crippen LogP contribution in [-0.4, -0.2) is 29.0 Å². The topological polar surface area (TPSA) is 42.1 Å². The molecule has 0 spiro atoms. The summed E-state index contributed by atoms with van der Waals surface area (Å²) in [4.78, 5) is 7.50. The van der Waals surface area contributed by atoms with Gasteiger partial charge in [0.25, 0.3) is 0 Å². The van der Waals surface area contributed by atoms with Crippen LogP contribution in [0.3, 0.4) is 0 Å². The van der Waals surface area contributed by atoms with Crippen molar-refractivity contribution >= 4 is 26.7 Å². The van der Waals surface area contributed by atoms with Crippen LogP contribution in [0.15, 0.2) is 12.1 Å². The fraction of sp³-hybridized carbons (Fsp3) is 0.667. The number of nitrogens with two attached hydrogens (primary N) is 1. The minimum atomic E-state index is 0.434. The zero-order valence-electron chi connectivity index (χ0n) is 14.8. The summed E-state index contributed by atoms with van der Waals surface area (Å²) in [7, 11) is 0. The lowest BCUT2D eigenvalue weighted by Gasteiger charge is -2.59. The molecule has 132 valence electrons. The van der Waals surface area contributed by atoms with Crippen LogP contribution in [-0.2, 0) is 11.8 Å². The van der Waals surface area contributed by atoms with Gasteiger partial charge in [0.1, 0.15) is 0 Å². The normalized spacial score (nSPS) is 34.7. The number of piperidine rings is 1. The van der Waals surface area contributed by atoms with E-state index >= 15 is 0 Å². The molecule has 2 heterocycles. The van der Waals surface area contributed by atoms with Crippen molar-refractivity contribution in [3.63, 3.8) is 0 Å². The highest BCUT2D eigenvalue weighted by molar-refractivity contribution is 7.22. The number of hydrogen-bond acceptors (Lipinski definition) is 4. The molecule has 2 bridgehead atoms. The number of aromatic nitrogens is 1. The molecule has 1 aromatic heterocycles. The van der Waals surface area contributed by atoms with Crippen LogP contribution in [0.5, 0.6) is 0 Å². The molecule has 3 atom stereocenters. The third kappa shape index (κ3) is 2.16. The van der Waals surface area contributed by atoms with Crippen molar-refractivity contribution in [3.05, 3.63) is 23.3 Å². The number of benzene rings is 1. The monoisotopic (exact) mass is 353 g/mol. The second kappa shape index (κ2) is 5.20. The standard InChI is InChI=1S/C21H27N3S/c22-20-23-17-11-16-14(10-19(17)25-20)9-18-15-3-1-2-6-21(15,16)7-8-24(18)12-13-4-5-13/h10-11,13,15,18H,1-9,12H2,(H2,22,23)/t15-,18-,21-/m0/s1. The van der Waals surface area contributed by atoms with Crippen LogP contribution in [0.4, 0.5) is 5.13 Å². The largest absolute Gasteiger partial charge is 0.375 e. The number of anilines is 1. The summed E-state index contributed by atoms with van der Waals surface area (Å²) in [6, 6.07) is 5.66. The summed E-state index contributed by atoms with van der Waals surface area (Å²) >= 11 is 1.65. The van der Waals surface area contributed by atoms with Gasteiger partial charge in [0.15, 0.2) is 5.13 Å². The summed E-state index contributed by atoms with van der Waals surface area (Å²) in [6.45, 7) is 2.68. The van der Waals surface area contributed by atoms with Crippen molar-refractivity contribution < 1.29 is 0 Å². The Morgan fingerprint density at radius 2 is 2.12 bits per heavy atom. The zero-order valence-corrected chi connectivity index (χ0v) is 15.7. The van der Waals surface area contributed by atoms with Crippen LogP contribution in [0.25, 0.3) is 10.2 Å². The highest BCUT2D eigenvalue weighted by Crippen LogP contribution is 2.56. The van der Waals surface area contributed by atoms with E-state index < -0.39 is 0 Å². The maximum Gasteiger partial charge on any atom is 0.181 e. The average Bonchev–Trinajstić information content (AvgIpc) is 3.35. The number of likely N-dealkylation sites (tertiary alicyclic amines) is 1. The Morgan fingerprint density at radius 1 is 1.20 bits per heavy atom. The molecule has 3 fully saturated rings. The van der Waals surface area contributed by atoms with Crippen molar-refractivity contribution in [2.75, 3.05) is 18.8 Å². The number of nitrogens with zero attached hydrogens (tertiary/aromatic N) is 2. The molecule has 25 heavy (non-hydrogen) atoms. The molecule has 2 aromatic rings. The van der Waals surface area contributed by atoms with Gasteiger partial charge in [-0.05, 0) is 80.2 Å². The zero-order chi connectivity index (χ0) is 16.6. The second-order valence-electron chi connectivity index (χ2n) is 9.00. The highest BCUT2D eigenvalue weighted by atomic mass is 32.1. The van der Waals surface area contributed by atoms with E-state index in [0.29, 0.717) is 10.5 Å². The van der Waals surface area contributed by atoms with Gasteiger partial charge in [0.05, 0.1) is 10.2 Å². The van der Waals surface area contributed by atoms with Crippen LogP contribution in [0.2, 0.25) is 0 Å². The Kier molecular flexibility index (Phi) is 3.11. The summed E-state index contributed by atoms with van der Waals surface area (Å²) in [5, 5.41) is 0.716. The molecule has 1 saturated heterocycles. The maximum atomic E-state index is 6.01. The van der Waals surface area contributed by atoms with E-state index in [9.17, 15) is 0 Å². The summed E-state index contributed by atoms with van der Waals surface area (Å²) < 4.78 is 1.29. The van der Waals surface area contributed by atoms with Gasteiger partial charge in [-0.15, -0.1) is 0 Å². The molecule has 3 nitrogen and oxygen atoms in total. The Balaban J connectivity index is 1.50. The van der Waals surface area contributed by atoms with Gasteiger partial charge in [0.2, 0.25) is 0 Å². The van der Waals surface area contributed by atoms with Crippen LogP contribution in [0.1, 0.15) is 56.1 Å². The molecule has 3 aliphatic carbocycles. The molecule has 2 N–H and O–H groups in total. The fourth-order valence-electron chi connectivity index (χ4n) is 6.39. The summed E-state index contributed by atoms with van der Waals surface area (Å²) in [6.07, 6.45) is 11.2. The molecule has 0 amide bonds. The SMILES string of the molecule is Nc1nc2cc3c(cc2s1)C[C@H]1[C@@H]2CCCC[C@@]32CCN1CC1CC1. The first-order valence-corrected chi connectivity index (χ1v) is 11.0. The fourth-order valence-corrected chi connectivity index (χ4v) is 7.17. The first-order valence-electron chi connectivity index (χ1n) is 10.2.